The molecule has 0 aliphatic heterocycles. The van der Waals surface area contributed by atoms with Crippen molar-refractivity contribution in [3.63, 3.8) is 0 Å². The van der Waals surface area contributed by atoms with Crippen molar-refractivity contribution in [3.8, 4) is 11.4 Å². The first-order valence-corrected chi connectivity index (χ1v) is 8.01. The SMILES string of the molecule is Cc1nc(-c2cc(C(N)=O)c(C)n2Cc2ccccc2F)cs1. The Morgan fingerprint density at radius 3 is 2.70 bits per heavy atom. The van der Waals surface area contributed by atoms with Crippen LogP contribution in [0, 0.1) is 19.7 Å². The Kier molecular flexibility index (Phi) is 4.00. The summed E-state index contributed by atoms with van der Waals surface area (Å²) in [4.78, 5) is 16.1. The molecule has 0 fully saturated rings. The molecule has 0 spiro atoms. The summed E-state index contributed by atoms with van der Waals surface area (Å²) >= 11 is 1.53. The van der Waals surface area contributed by atoms with Gasteiger partial charge in [0.1, 0.15) is 5.82 Å². The second-order valence-corrected chi connectivity index (χ2v) is 6.38. The molecule has 0 aliphatic rings. The van der Waals surface area contributed by atoms with E-state index >= 15 is 0 Å². The Morgan fingerprint density at radius 1 is 1.35 bits per heavy atom. The van der Waals surface area contributed by atoms with Gasteiger partial charge in [-0.3, -0.25) is 4.79 Å². The molecule has 3 rings (SSSR count). The molecule has 118 valence electrons. The molecular formula is C17H16FN3OS. The van der Waals surface area contributed by atoms with Gasteiger partial charge in [0, 0.05) is 16.6 Å². The predicted molar refractivity (Wildman–Crippen MR) is 89.0 cm³/mol. The minimum absolute atomic E-state index is 0.276. The molecule has 0 aliphatic carbocycles. The van der Waals surface area contributed by atoms with Crippen molar-refractivity contribution in [1.29, 1.82) is 0 Å². The van der Waals surface area contributed by atoms with Crippen LogP contribution in [0.15, 0.2) is 35.7 Å². The van der Waals surface area contributed by atoms with Gasteiger partial charge in [0.2, 0.25) is 0 Å². The van der Waals surface area contributed by atoms with E-state index < -0.39 is 5.91 Å². The van der Waals surface area contributed by atoms with Gasteiger partial charge in [-0.1, -0.05) is 18.2 Å². The van der Waals surface area contributed by atoms with E-state index in [2.05, 4.69) is 4.98 Å². The Labute approximate surface area is 137 Å². The van der Waals surface area contributed by atoms with Gasteiger partial charge in [-0.25, -0.2) is 9.37 Å². The topological polar surface area (TPSA) is 60.9 Å². The molecule has 0 saturated heterocycles. The van der Waals surface area contributed by atoms with Crippen LogP contribution in [0.1, 0.15) is 26.6 Å². The van der Waals surface area contributed by atoms with Crippen molar-refractivity contribution in [2.75, 3.05) is 0 Å². The van der Waals surface area contributed by atoms with E-state index in [4.69, 9.17) is 5.73 Å². The maximum Gasteiger partial charge on any atom is 0.250 e. The van der Waals surface area contributed by atoms with Crippen LogP contribution in [0.5, 0.6) is 0 Å². The standard InChI is InChI=1S/C17H16FN3OS/c1-10-13(17(19)22)7-16(15-9-23-11(2)20-15)21(10)8-12-5-3-4-6-14(12)18/h3-7,9H,8H2,1-2H3,(H2,19,22). The molecule has 0 atom stereocenters. The summed E-state index contributed by atoms with van der Waals surface area (Å²) in [5, 5.41) is 2.85. The van der Waals surface area contributed by atoms with Gasteiger partial charge in [0.15, 0.2) is 0 Å². The number of nitrogens with two attached hydrogens (primary N) is 1. The summed E-state index contributed by atoms with van der Waals surface area (Å²) in [5.41, 5.74) is 8.68. The third-order valence-electron chi connectivity index (χ3n) is 3.80. The van der Waals surface area contributed by atoms with E-state index in [1.165, 1.54) is 17.4 Å². The van der Waals surface area contributed by atoms with Crippen LogP contribution in [0.2, 0.25) is 0 Å². The van der Waals surface area contributed by atoms with Crippen LogP contribution in [0.4, 0.5) is 4.39 Å². The third-order valence-corrected chi connectivity index (χ3v) is 4.57. The second-order valence-electron chi connectivity index (χ2n) is 5.32. The van der Waals surface area contributed by atoms with Gasteiger partial charge in [-0.2, -0.15) is 0 Å². The lowest BCUT2D eigenvalue weighted by atomic mass is 10.2. The quantitative estimate of drug-likeness (QED) is 0.796. The average molecular weight is 329 g/mol. The number of primary amides is 1. The number of halogens is 1. The first-order chi connectivity index (χ1) is 11.0. The van der Waals surface area contributed by atoms with Gasteiger partial charge in [0.25, 0.3) is 5.91 Å². The van der Waals surface area contributed by atoms with E-state index in [9.17, 15) is 9.18 Å². The molecule has 0 bridgehead atoms. The smallest absolute Gasteiger partial charge is 0.250 e. The van der Waals surface area contributed by atoms with Crippen molar-refractivity contribution in [2.45, 2.75) is 20.4 Å². The Hall–Kier alpha value is -2.47. The summed E-state index contributed by atoms with van der Waals surface area (Å²) in [6.07, 6.45) is 0. The summed E-state index contributed by atoms with van der Waals surface area (Å²) in [6, 6.07) is 8.33. The monoisotopic (exact) mass is 329 g/mol. The number of nitrogens with zero attached hydrogens (tertiary/aromatic N) is 2. The van der Waals surface area contributed by atoms with Crippen LogP contribution < -0.4 is 5.73 Å². The van der Waals surface area contributed by atoms with Gasteiger partial charge in [0.05, 0.1) is 28.5 Å². The number of aromatic nitrogens is 2. The molecule has 3 aromatic rings. The van der Waals surface area contributed by atoms with Crippen LogP contribution in [-0.4, -0.2) is 15.5 Å². The number of hydrogen-bond acceptors (Lipinski definition) is 3. The van der Waals surface area contributed by atoms with Crippen molar-refractivity contribution < 1.29 is 9.18 Å². The fourth-order valence-electron chi connectivity index (χ4n) is 2.59. The molecule has 2 N–H and O–H groups in total. The number of hydrogen-bond donors (Lipinski definition) is 1. The molecule has 23 heavy (non-hydrogen) atoms. The fourth-order valence-corrected chi connectivity index (χ4v) is 3.20. The molecule has 0 radical (unpaired) electrons. The average Bonchev–Trinajstić information content (AvgIpc) is 3.06. The van der Waals surface area contributed by atoms with Gasteiger partial charge < -0.3 is 10.3 Å². The predicted octanol–water partition coefficient (Wildman–Crippen LogP) is 3.51. The lowest BCUT2D eigenvalue weighted by Gasteiger charge is -2.11. The summed E-state index contributed by atoms with van der Waals surface area (Å²) in [5.74, 6) is -0.774. The van der Waals surface area contributed by atoms with E-state index in [1.54, 1.807) is 24.3 Å². The zero-order chi connectivity index (χ0) is 16.6. The van der Waals surface area contributed by atoms with Crippen molar-refractivity contribution in [1.82, 2.24) is 9.55 Å². The Morgan fingerprint density at radius 2 is 2.09 bits per heavy atom. The van der Waals surface area contributed by atoms with Crippen LogP contribution >= 0.6 is 11.3 Å². The Bertz CT molecular complexity index is 882. The molecule has 6 heteroatoms. The highest BCUT2D eigenvalue weighted by Crippen LogP contribution is 2.28. The van der Waals surface area contributed by atoms with Crippen molar-refractivity contribution in [3.05, 3.63) is 63.4 Å². The maximum absolute atomic E-state index is 14.0. The molecule has 2 aromatic heterocycles. The number of rotatable bonds is 4. The molecule has 4 nitrogen and oxygen atoms in total. The molecule has 0 saturated carbocycles. The van der Waals surface area contributed by atoms with E-state index in [-0.39, 0.29) is 5.82 Å². The zero-order valence-corrected chi connectivity index (χ0v) is 13.7. The van der Waals surface area contributed by atoms with Gasteiger partial charge in [-0.15, -0.1) is 11.3 Å². The summed E-state index contributed by atoms with van der Waals surface area (Å²) < 4.78 is 15.9. The van der Waals surface area contributed by atoms with Crippen LogP contribution in [0.25, 0.3) is 11.4 Å². The highest BCUT2D eigenvalue weighted by molar-refractivity contribution is 7.09. The zero-order valence-electron chi connectivity index (χ0n) is 12.8. The first kappa shape index (κ1) is 15.4. The van der Waals surface area contributed by atoms with Crippen LogP contribution in [-0.2, 0) is 6.54 Å². The number of benzene rings is 1. The third kappa shape index (κ3) is 2.90. The minimum atomic E-state index is -0.497. The first-order valence-electron chi connectivity index (χ1n) is 7.13. The number of amides is 1. The van der Waals surface area contributed by atoms with Gasteiger partial charge in [-0.05, 0) is 26.0 Å². The number of thiazole rings is 1. The number of carbonyl (C=O) groups excluding carboxylic acids is 1. The highest BCUT2D eigenvalue weighted by atomic mass is 32.1. The Balaban J connectivity index is 2.14. The fraction of sp³-hybridized carbons (Fsp3) is 0.176. The van der Waals surface area contributed by atoms with Crippen molar-refractivity contribution in [2.24, 2.45) is 5.73 Å². The lowest BCUT2D eigenvalue weighted by molar-refractivity contribution is 0.0999. The summed E-state index contributed by atoms with van der Waals surface area (Å²) in [6.45, 7) is 4.04. The molecule has 1 aromatic carbocycles. The summed E-state index contributed by atoms with van der Waals surface area (Å²) in [7, 11) is 0. The number of aryl methyl sites for hydroxylation is 1. The largest absolute Gasteiger partial charge is 0.366 e. The second kappa shape index (κ2) is 5.96. The molecule has 0 unspecified atom stereocenters. The molecule has 1 amide bonds. The molecular weight excluding hydrogens is 313 g/mol. The minimum Gasteiger partial charge on any atom is -0.366 e. The molecule has 2 heterocycles. The van der Waals surface area contributed by atoms with Gasteiger partial charge >= 0.3 is 0 Å². The lowest BCUT2D eigenvalue weighted by Crippen LogP contribution is -2.13. The van der Waals surface area contributed by atoms with E-state index in [0.29, 0.717) is 23.4 Å². The maximum atomic E-state index is 14.0. The number of carbonyl (C=O) groups is 1. The highest BCUT2D eigenvalue weighted by Gasteiger charge is 2.19. The van der Waals surface area contributed by atoms with Crippen LogP contribution in [0.3, 0.4) is 0 Å². The normalized spacial score (nSPS) is 10.9. The van der Waals surface area contributed by atoms with E-state index in [1.807, 2.05) is 23.8 Å². The van der Waals surface area contributed by atoms with Crippen molar-refractivity contribution >= 4 is 17.2 Å². The van der Waals surface area contributed by atoms with E-state index in [0.717, 1.165) is 16.4 Å².